The SMILES string of the molecule is COc1cc(NC(=O)C(C)(C)N)ccc1F. The number of rotatable bonds is 3. The van der Waals surface area contributed by atoms with Crippen LogP contribution in [0, 0.1) is 5.82 Å². The van der Waals surface area contributed by atoms with Gasteiger partial charge in [-0.15, -0.1) is 0 Å². The second-order valence-corrected chi connectivity index (χ2v) is 4.03. The molecule has 0 aromatic heterocycles. The van der Waals surface area contributed by atoms with Crippen molar-refractivity contribution < 1.29 is 13.9 Å². The highest BCUT2D eigenvalue weighted by atomic mass is 19.1. The maximum absolute atomic E-state index is 13.1. The highest BCUT2D eigenvalue weighted by molar-refractivity contribution is 5.97. The quantitative estimate of drug-likeness (QED) is 0.821. The summed E-state index contributed by atoms with van der Waals surface area (Å²) in [5.74, 6) is -0.749. The Morgan fingerprint density at radius 1 is 1.50 bits per heavy atom. The summed E-state index contributed by atoms with van der Waals surface area (Å²) in [7, 11) is 1.36. The van der Waals surface area contributed by atoms with E-state index in [4.69, 9.17) is 10.5 Å². The molecule has 1 aromatic rings. The van der Waals surface area contributed by atoms with Gasteiger partial charge in [0.1, 0.15) is 0 Å². The standard InChI is InChI=1S/C11H15FN2O2/c1-11(2,13)10(15)14-7-4-5-8(12)9(6-7)16-3/h4-6H,13H2,1-3H3,(H,14,15). The minimum absolute atomic E-state index is 0.0765. The number of hydrogen-bond acceptors (Lipinski definition) is 3. The maximum Gasteiger partial charge on any atom is 0.243 e. The molecule has 0 spiro atoms. The van der Waals surface area contributed by atoms with Crippen molar-refractivity contribution in [1.29, 1.82) is 0 Å². The van der Waals surface area contributed by atoms with Crippen LogP contribution in [0.25, 0.3) is 0 Å². The largest absolute Gasteiger partial charge is 0.494 e. The van der Waals surface area contributed by atoms with Gasteiger partial charge in [0, 0.05) is 11.8 Å². The average Bonchev–Trinajstić information content (AvgIpc) is 2.19. The molecule has 1 rings (SSSR count). The monoisotopic (exact) mass is 226 g/mol. The molecule has 0 atom stereocenters. The summed E-state index contributed by atoms with van der Waals surface area (Å²) in [6.45, 7) is 3.17. The van der Waals surface area contributed by atoms with Crippen molar-refractivity contribution in [3.05, 3.63) is 24.0 Å². The zero-order valence-corrected chi connectivity index (χ0v) is 9.50. The van der Waals surface area contributed by atoms with Gasteiger partial charge in [-0.2, -0.15) is 0 Å². The van der Waals surface area contributed by atoms with Gasteiger partial charge in [0.05, 0.1) is 12.6 Å². The second-order valence-electron chi connectivity index (χ2n) is 4.03. The topological polar surface area (TPSA) is 64.3 Å². The van der Waals surface area contributed by atoms with Gasteiger partial charge in [-0.25, -0.2) is 4.39 Å². The summed E-state index contributed by atoms with van der Waals surface area (Å²) < 4.78 is 17.9. The summed E-state index contributed by atoms with van der Waals surface area (Å²) in [4.78, 5) is 11.5. The van der Waals surface area contributed by atoms with Crippen LogP contribution in [0.4, 0.5) is 10.1 Å². The van der Waals surface area contributed by atoms with Crippen LogP contribution in [0.3, 0.4) is 0 Å². The predicted molar refractivity (Wildman–Crippen MR) is 59.8 cm³/mol. The van der Waals surface area contributed by atoms with Gasteiger partial charge < -0.3 is 15.8 Å². The second kappa shape index (κ2) is 4.49. The van der Waals surface area contributed by atoms with E-state index < -0.39 is 11.4 Å². The Balaban J connectivity index is 2.87. The number of nitrogens with two attached hydrogens (primary N) is 1. The lowest BCUT2D eigenvalue weighted by molar-refractivity contribution is -0.120. The molecule has 4 nitrogen and oxygen atoms in total. The first kappa shape index (κ1) is 12.4. The van der Waals surface area contributed by atoms with Crippen LogP contribution >= 0.6 is 0 Å². The van der Waals surface area contributed by atoms with Crippen molar-refractivity contribution in [1.82, 2.24) is 0 Å². The third-order valence-electron chi connectivity index (χ3n) is 1.99. The van der Waals surface area contributed by atoms with Crippen molar-refractivity contribution >= 4 is 11.6 Å². The Kier molecular flexibility index (Phi) is 3.49. The molecule has 0 bridgehead atoms. The molecule has 1 amide bonds. The number of anilines is 1. The van der Waals surface area contributed by atoms with Gasteiger partial charge in [0.25, 0.3) is 0 Å². The van der Waals surface area contributed by atoms with Gasteiger partial charge >= 0.3 is 0 Å². The van der Waals surface area contributed by atoms with E-state index in [0.717, 1.165) is 0 Å². The molecule has 5 heteroatoms. The number of halogens is 1. The number of benzene rings is 1. The fourth-order valence-electron chi connectivity index (χ4n) is 1.03. The minimum atomic E-state index is -0.985. The summed E-state index contributed by atoms with van der Waals surface area (Å²) in [6.07, 6.45) is 0. The van der Waals surface area contributed by atoms with Gasteiger partial charge in [-0.05, 0) is 26.0 Å². The maximum atomic E-state index is 13.1. The number of carbonyl (C=O) groups is 1. The summed E-state index contributed by atoms with van der Waals surface area (Å²) in [5, 5.41) is 2.57. The molecule has 0 heterocycles. The van der Waals surface area contributed by atoms with Crippen LogP contribution in [-0.2, 0) is 4.79 Å². The normalized spacial score (nSPS) is 11.1. The molecule has 88 valence electrons. The summed E-state index contributed by atoms with van der Waals surface area (Å²) in [5.41, 5.74) is 5.07. The number of nitrogens with one attached hydrogen (secondary N) is 1. The van der Waals surface area contributed by atoms with E-state index in [1.807, 2.05) is 0 Å². The third kappa shape index (κ3) is 2.93. The third-order valence-corrected chi connectivity index (χ3v) is 1.99. The molecule has 0 radical (unpaired) electrons. The van der Waals surface area contributed by atoms with Gasteiger partial charge in [0.2, 0.25) is 5.91 Å². The summed E-state index contributed by atoms with van der Waals surface area (Å²) >= 11 is 0. The Hall–Kier alpha value is -1.62. The molecule has 0 saturated carbocycles. The Morgan fingerprint density at radius 2 is 2.12 bits per heavy atom. The van der Waals surface area contributed by atoms with Crippen LogP contribution in [0.2, 0.25) is 0 Å². The summed E-state index contributed by atoms with van der Waals surface area (Å²) in [6, 6.07) is 4.07. The zero-order valence-electron chi connectivity index (χ0n) is 9.50. The number of hydrogen-bond donors (Lipinski definition) is 2. The van der Waals surface area contributed by atoms with Crippen molar-refractivity contribution in [2.75, 3.05) is 12.4 Å². The minimum Gasteiger partial charge on any atom is -0.494 e. The predicted octanol–water partition coefficient (Wildman–Crippen LogP) is 1.51. The zero-order chi connectivity index (χ0) is 12.3. The Morgan fingerprint density at radius 3 is 2.62 bits per heavy atom. The van der Waals surface area contributed by atoms with Crippen LogP contribution in [0.15, 0.2) is 18.2 Å². The van der Waals surface area contributed by atoms with E-state index in [0.29, 0.717) is 5.69 Å². The van der Waals surface area contributed by atoms with E-state index in [1.165, 1.54) is 25.3 Å². The molecular formula is C11H15FN2O2. The van der Waals surface area contributed by atoms with Crippen molar-refractivity contribution in [2.45, 2.75) is 19.4 Å². The smallest absolute Gasteiger partial charge is 0.243 e. The number of carbonyl (C=O) groups excluding carboxylic acids is 1. The van der Waals surface area contributed by atoms with Gasteiger partial charge in [0.15, 0.2) is 11.6 Å². The van der Waals surface area contributed by atoms with E-state index in [-0.39, 0.29) is 11.7 Å². The lowest BCUT2D eigenvalue weighted by Crippen LogP contribution is -2.45. The molecule has 0 unspecified atom stereocenters. The molecule has 0 aliphatic carbocycles. The molecule has 1 aromatic carbocycles. The lowest BCUT2D eigenvalue weighted by Gasteiger charge is -2.18. The molecule has 0 aliphatic heterocycles. The Bertz CT molecular complexity index is 399. The van der Waals surface area contributed by atoms with Gasteiger partial charge in [-0.1, -0.05) is 0 Å². The van der Waals surface area contributed by atoms with Gasteiger partial charge in [-0.3, -0.25) is 4.79 Å². The first-order valence-electron chi connectivity index (χ1n) is 4.78. The highest BCUT2D eigenvalue weighted by Crippen LogP contribution is 2.21. The number of amides is 1. The first-order valence-corrected chi connectivity index (χ1v) is 4.78. The Labute approximate surface area is 93.6 Å². The lowest BCUT2D eigenvalue weighted by atomic mass is 10.1. The molecule has 3 N–H and O–H groups in total. The van der Waals surface area contributed by atoms with E-state index in [2.05, 4.69) is 5.32 Å². The van der Waals surface area contributed by atoms with Crippen molar-refractivity contribution in [3.8, 4) is 5.75 Å². The highest BCUT2D eigenvalue weighted by Gasteiger charge is 2.22. The van der Waals surface area contributed by atoms with E-state index in [9.17, 15) is 9.18 Å². The molecule has 16 heavy (non-hydrogen) atoms. The van der Waals surface area contributed by atoms with Crippen LogP contribution in [0.1, 0.15) is 13.8 Å². The van der Waals surface area contributed by atoms with Crippen LogP contribution in [0.5, 0.6) is 5.75 Å². The van der Waals surface area contributed by atoms with Crippen LogP contribution in [-0.4, -0.2) is 18.6 Å². The molecular weight excluding hydrogens is 211 g/mol. The molecule has 0 aliphatic rings. The van der Waals surface area contributed by atoms with E-state index >= 15 is 0 Å². The average molecular weight is 226 g/mol. The number of methoxy groups -OCH3 is 1. The van der Waals surface area contributed by atoms with Crippen molar-refractivity contribution in [2.24, 2.45) is 5.73 Å². The molecule has 0 fully saturated rings. The van der Waals surface area contributed by atoms with Crippen molar-refractivity contribution in [3.63, 3.8) is 0 Å². The van der Waals surface area contributed by atoms with E-state index in [1.54, 1.807) is 13.8 Å². The van der Waals surface area contributed by atoms with Crippen LogP contribution < -0.4 is 15.8 Å². The first-order chi connectivity index (χ1) is 7.34. The fraction of sp³-hybridized carbons (Fsp3) is 0.364. The number of ether oxygens (including phenoxy) is 1. The molecule has 0 saturated heterocycles. The fourth-order valence-corrected chi connectivity index (χ4v) is 1.03.